The summed E-state index contributed by atoms with van der Waals surface area (Å²) in [5.41, 5.74) is 2.79. The summed E-state index contributed by atoms with van der Waals surface area (Å²) in [5.74, 6) is 0.668. The molecule has 122 valence electrons. The molecule has 0 amide bonds. The summed E-state index contributed by atoms with van der Waals surface area (Å²) in [6.45, 7) is 9.42. The number of carbonyl (C=O) groups is 2. The number of ketones is 2. The van der Waals surface area contributed by atoms with Gasteiger partial charge in [0.15, 0.2) is 11.6 Å². The Morgan fingerprint density at radius 3 is 2.41 bits per heavy atom. The van der Waals surface area contributed by atoms with E-state index in [9.17, 15) is 9.59 Å². The molecule has 4 heteroatoms. The number of aryl methyl sites for hydroxylation is 1. The maximum atomic E-state index is 12.7. The second-order valence-electron chi connectivity index (χ2n) is 6.80. The van der Waals surface area contributed by atoms with Gasteiger partial charge in [-0.2, -0.15) is 0 Å². The molecule has 1 aromatic rings. The van der Waals surface area contributed by atoms with Gasteiger partial charge in [0.1, 0.15) is 0 Å². The smallest absolute Gasteiger partial charge is 0.195 e. The SMILES string of the molecule is CC(=O)c1c(C)[nH]c(C(=O)[C@@H](C)N[C@@H]2CCCC[C@@H]2C)c1C. The highest BCUT2D eigenvalue weighted by molar-refractivity contribution is 6.05. The second kappa shape index (κ2) is 6.78. The Morgan fingerprint density at radius 2 is 1.86 bits per heavy atom. The number of aromatic amines is 1. The van der Waals surface area contributed by atoms with E-state index in [-0.39, 0.29) is 17.6 Å². The van der Waals surface area contributed by atoms with Crippen LogP contribution in [0.1, 0.15) is 78.6 Å². The van der Waals surface area contributed by atoms with Gasteiger partial charge in [0.2, 0.25) is 0 Å². The van der Waals surface area contributed by atoms with Crippen molar-refractivity contribution in [1.29, 1.82) is 0 Å². The van der Waals surface area contributed by atoms with Crippen molar-refractivity contribution < 1.29 is 9.59 Å². The van der Waals surface area contributed by atoms with Gasteiger partial charge >= 0.3 is 0 Å². The van der Waals surface area contributed by atoms with Gasteiger partial charge in [0, 0.05) is 17.3 Å². The van der Waals surface area contributed by atoms with Crippen LogP contribution in [0.4, 0.5) is 0 Å². The number of aromatic nitrogens is 1. The molecule has 0 aliphatic heterocycles. The number of hydrogen-bond acceptors (Lipinski definition) is 3. The maximum Gasteiger partial charge on any atom is 0.195 e. The highest BCUT2D eigenvalue weighted by Gasteiger charge is 2.28. The molecule has 1 aliphatic rings. The molecule has 1 aliphatic carbocycles. The van der Waals surface area contributed by atoms with Crippen molar-refractivity contribution in [3.05, 3.63) is 22.5 Å². The molecular weight excluding hydrogens is 276 g/mol. The van der Waals surface area contributed by atoms with Crippen LogP contribution in [0, 0.1) is 19.8 Å². The van der Waals surface area contributed by atoms with E-state index < -0.39 is 0 Å². The van der Waals surface area contributed by atoms with Crippen molar-refractivity contribution in [2.45, 2.75) is 72.4 Å². The van der Waals surface area contributed by atoms with Crippen LogP contribution in [-0.4, -0.2) is 28.6 Å². The molecule has 1 saturated carbocycles. The minimum atomic E-state index is -0.234. The molecule has 0 radical (unpaired) electrons. The summed E-state index contributed by atoms with van der Waals surface area (Å²) in [5, 5.41) is 3.50. The van der Waals surface area contributed by atoms with Crippen LogP contribution in [0.3, 0.4) is 0 Å². The molecule has 1 fully saturated rings. The number of carbonyl (C=O) groups excluding carboxylic acids is 2. The van der Waals surface area contributed by atoms with Crippen LogP contribution in [0.15, 0.2) is 0 Å². The van der Waals surface area contributed by atoms with E-state index in [1.807, 2.05) is 20.8 Å². The number of rotatable bonds is 5. The molecule has 0 aromatic carbocycles. The molecule has 3 atom stereocenters. The van der Waals surface area contributed by atoms with Crippen LogP contribution in [-0.2, 0) is 0 Å². The van der Waals surface area contributed by atoms with Gasteiger partial charge < -0.3 is 10.3 Å². The zero-order valence-corrected chi connectivity index (χ0v) is 14.4. The molecule has 0 saturated heterocycles. The maximum absolute atomic E-state index is 12.7. The number of hydrogen-bond donors (Lipinski definition) is 2. The fraction of sp³-hybridized carbons (Fsp3) is 0.667. The zero-order valence-electron chi connectivity index (χ0n) is 14.4. The van der Waals surface area contributed by atoms with Crippen molar-refractivity contribution in [2.75, 3.05) is 0 Å². The Kier molecular flexibility index (Phi) is 5.22. The van der Waals surface area contributed by atoms with Gasteiger partial charge in [-0.25, -0.2) is 0 Å². The first-order valence-corrected chi connectivity index (χ1v) is 8.33. The third kappa shape index (κ3) is 3.32. The molecule has 0 spiro atoms. The van der Waals surface area contributed by atoms with Crippen molar-refractivity contribution in [2.24, 2.45) is 5.92 Å². The summed E-state index contributed by atoms with van der Waals surface area (Å²) in [6, 6.07) is 0.179. The summed E-state index contributed by atoms with van der Waals surface area (Å²) in [7, 11) is 0. The Morgan fingerprint density at radius 1 is 1.23 bits per heavy atom. The lowest BCUT2D eigenvalue weighted by Gasteiger charge is -2.31. The molecule has 1 aromatic heterocycles. The topological polar surface area (TPSA) is 62.0 Å². The van der Waals surface area contributed by atoms with E-state index in [0.29, 0.717) is 23.2 Å². The summed E-state index contributed by atoms with van der Waals surface area (Å²) in [6.07, 6.45) is 4.89. The molecule has 1 heterocycles. The highest BCUT2D eigenvalue weighted by Crippen LogP contribution is 2.25. The second-order valence-corrected chi connectivity index (χ2v) is 6.80. The number of nitrogens with one attached hydrogen (secondary N) is 2. The van der Waals surface area contributed by atoms with Crippen LogP contribution < -0.4 is 5.32 Å². The van der Waals surface area contributed by atoms with E-state index >= 15 is 0 Å². The van der Waals surface area contributed by atoms with E-state index in [1.54, 1.807) is 6.92 Å². The van der Waals surface area contributed by atoms with Gasteiger partial charge in [0.25, 0.3) is 0 Å². The van der Waals surface area contributed by atoms with Gasteiger partial charge in [0.05, 0.1) is 11.7 Å². The molecule has 4 nitrogen and oxygen atoms in total. The van der Waals surface area contributed by atoms with Crippen molar-refractivity contribution in [3.63, 3.8) is 0 Å². The van der Waals surface area contributed by atoms with Crippen LogP contribution in [0.25, 0.3) is 0 Å². The van der Waals surface area contributed by atoms with Crippen molar-refractivity contribution in [1.82, 2.24) is 10.3 Å². The Hall–Kier alpha value is -1.42. The summed E-state index contributed by atoms with van der Waals surface area (Å²) >= 11 is 0. The fourth-order valence-electron chi connectivity index (χ4n) is 3.70. The molecule has 2 N–H and O–H groups in total. The first-order valence-electron chi connectivity index (χ1n) is 8.33. The fourth-order valence-corrected chi connectivity index (χ4v) is 3.70. The lowest BCUT2D eigenvalue weighted by molar-refractivity contribution is 0.0927. The highest BCUT2D eigenvalue weighted by atomic mass is 16.1. The lowest BCUT2D eigenvalue weighted by atomic mass is 9.85. The number of Topliss-reactive ketones (excluding diaryl/α,β-unsaturated/α-hetero) is 2. The lowest BCUT2D eigenvalue weighted by Crippen LogP contribution is -2.46. The Labute approximate surface area is 133 Å². The minimum Gasteiger partial charge on any atom is -0.355 e. The van der Waals surface area contributed by atoms with E-state index in [2.05, 4.69) is 17.2 Å². The van der Waals surface area contributed by atoms with Crippen molar-refractivity contribution >= 4 is 11.6 Å². The first-order chi connectivity index (χ1) is 10.3. The molecule has 0 bridgehead atoms. The quantitative estimate of drug-likeness (QED) is 0.817. The molecule has 2 rings (SSSR count). The van der Waals surface area contributed by atoms with E-state index in [4.69, 9.17) is 0 Å². The average molecular weight is 304 g/mol. The molecular formula is C18H28N2O2. The molecule has 22 heavy (non-hydrogen) atoms. The van der Waals surface area contributed by atoms with Gasteiger partial charge in [-0.1, -0.05) is 19.8 Å². The minimum absolute atomic E-state index is 0.00631. The number of H-pyrrole nitrogens is 1. The van der Waals surface area contributed by atoms with E-state index in [1.165, 1.54) is 19.3 Å². The first kappa shape index (κ1) is 16.9. The monoisotopic (exact) mass is 304 g/mol. The average Bonchev–Trinajstić information content (AvgIpc) is 2.75. The van der Waals surface area contributed by atoms with Gasteiger partial charge in [-0.3, -0.25) is 9.59 Å². The van der Waals surface area contributed by atoms with Crippen LogP contribution in [0.2, 0.25) is 0 Å². The Bertz CT molecular complexity index is 574. The van der Waals surface area contributed by atoms with Crippen molar-refractivity contribution in [3.8, 4) is 0 Å². The predicted molar refractivity (Wildman–Crippen MR) is 88.6 cm³/mol. The third-order valence-corrected chi connectivity index (χ3v) is 5.00. The normalized spacial score (nSPS) is 23.3. The summed E-state index contributed by atoms with van der Waals surface area (Å²) in [4.78, 5) is 27.5. The van der Waals surface area contributed by atoms with Gasteiger partial charge in [-0.15, -0.1) is 0 Å². The Balaban J connectivity index is 2.14. The third-order valence-electron chi connectivity index (χ3n) is 5.00. The zero-order chi connectivity index (χ0) is 16.4. The molecule has 0 unspecified atom stereocenters. The van der Waals surface area contributed by atoms with Crippen LogP contribution in [0.5, 0.6) is 0 Å². The largest absolute Gasteiger partial charge is 0.355 e. The predicted octanol–water partition coefficient (Wildman–Crippen LogP) is 3.57. The standard InChI is InChI=1S/C18H28N2O2/c1-10-8-6-7-9-15(10)19-13(4)18(22)17-11(2)16(14(5)21)12(3)20-17/h10,13,15,19-20H,6-9H2,1-5H3/t10-,13+,15+/m0/s1. The van der Waals surface area contributed by atoms with Crippen LogP contribution >= 0.6 is 0 Å². The summed E-state index contributed by atoms with van der Waals surface area (Å²) < 4.78 is 0. The van der Waals surface area contributed by atoms with E-state index in [0.717, 1.165) is 17.7 Å². The van der Waals surface area contributed by atoms with Gasteiger partial charge in [-0.05, 0) is 52.0 Å².